The molecule has 2 heterocycles. The summed E-state index contributed by atoms with van der Waals surface area (Å²) in [4.78, 5) is 19.7. The van der Waals surface area contributed by atoms with E-state index in [2.05, 4.69) is 17.4 Å². The van der Waals surface area contributed by atoms with Crippen LogP contribution >= 0.6 is 0 Å². The van der Waals surface area contributed by atoms with E-state index in [0.717, 1.165) is 39.2 Å². The maximum absolute atomic E-state index is 13.3. The van der Waals surface area contributed by atoms with Crippen LogP contribution in [0.3, 0.4) is 0 Å². The first-order valence-corrected chi connectivity index (χ1v) is 11.3. The number of hydrogen-bond acceptors (Lipinski definition) is 4. The van der Waals surface area contributed by atoms with Crippen LogP contribution in [0, 0.1) is 20.8 Å². The molecule has 1 unspecified atom stereocenters. The van der Waals surface area contributed by atoms with Gasteiger partial charge in [-0.3, -0.25) is 4.90 Å². The van der Waals surface area contributed by atoms with Crippen molar-refractivity contribution in [1.29, 1.82) is 0 Å². The van der Waals surface area contributed by atoms with Crippen molar-refractivity contribution in [3.8, 4) is 11.4 Å². The third-order valence-electron chi connectivity index (χ3n) is 6.33. The molecule has 0 fully saturated rings. The molecule has 0 radical (unpaired) electrons. The first-order chi connectivity index (χ1) is 16.4. The Labute approximate surface area is 198 Å². The summed E-state index contributed by atoms with van der Waals surface area (Å²) in [5.74, 6) is 0.896. The number of amides is 2. The number of carbonyl (C=O) groups excluding carboxylic acids is 1. The van der Waals surface area contributed by atoms with Crippen LogP contribution in [0.2, 0.25) is 0 Å². The largest absolute Gasteiger partial charge is 0.334 e. The fraction of sp³-hybridized carbons (Fsp3) is 0.179. The van der Waals surface area contributed by atoms with Crippen molar-refractivity contribution >= 4 is 17.3 Å². The standard InChI is InChI=1S/C28H26N4O2/c1-17-10-13-22(14-11-17)26-30-27(34-31-26)24-20(4)32(23-15-12-18(2)19(3)16-23)28(33)29-25(24)21-8-6-5-7-9-21/h5-16,25H,1-4H3,(H,29,33). The van der Waals surface area contributed by atoms with E-state index < -0.39 is 6.04 Å². The van der Waals surface area contributed by atoms with E-state index in [1.54, 1.807) is 4.90 Å². The molecule has 2 amide bonds. The molecule has 0 saturated carbocycles. The zero-order chi connectivity index (χ0) is 23.8. The van der Waals surface area contributed by atoms with Crippen molar-refractivity contribution in [3.05, 3.63) is 107 Å². The van der Waals surface area contributed by atoms with Gasteiger partial charge in [0.1, 0.15) is 0 Å². The summed E-state index contributed by atoms with van der Waals surface area (Å²) in [5.41, 5.74) is 7.58. The second-order valence-electron chi connectivity index (χ2n) is 8.69. The van der Waals surface area contributed by atoms with Gasteiger partial charge in [-0.1, -0.05) is 71.4 Å². The van der Waals surface area contributed by atoms with E-state index in [1.807, 2.05) is 93.6 Å². The molecule has 5 rings (SSSR count). The Bertz CT molecular complexity index is 1390. The van der Waals surface area contributed by atoms with Gasteiger partial charge in [0.15, 0.2) is 0 Å². The zero-order valence-corrected chi connectivity index (χ0v) is 19.7. The molecular weight excluding hydrogens is 424 g/mol. The van der Waals surface area contributed by atoms with Crippen molar-refractivity contribution in [2.45, 2.75) is 33.7 Å². The van der Waals surface area contributed by atoms with Gasteiger partial charge in [-0.2, -0.15) is 4.98 Å². The van der Waals surface area contributed by atoms with E-state index in [-0.39, 0.29) is 6.03 Å². The number of aromatic nitrogens is 2. The number of hydrogen-bond donors (Lipinski definition) is 1. The maximum atomic E-state index is 13.3. The molecule has 1 aliphatic rings. The molecule has 6 nitrogen and oxygen atoms in total. The molecule has 1 aliphatic heterocycles. The number of anilines is 1. The quantitative estimate of drug-likeness (QED) is 0.392. The molecule has 1 atom stereocenters. The number of aryl methyl sites for hydroxylation is 3. The van der Waals surface area contributed by atoms with Crippen molar-refractivity contribution in [3.63, 3.8) is 0 Å². The lowest BCUT2D eigenvalue weighted by Gasteiger charge is -2.35. The second-order valence-corrected chi connectivity index (χ2v) is 8.69. The fourth-order valence-electron chi connectivity index (χ4n) is 4.24. The van der Waals surface area contributed by atoms with Crippen molar-refractivity contribution in [2.24, 2.45) is 0 Å². The summed E-state index contributed by atoms with van der Waals surface area (Å²) in [6, 6.07) is 23.2. The highest BCUT2D eigenvalue weighted by Crippen LogP contribution is 2.39. The van der Waals surface area contributed by atoms with Crippen LogP contribution in [0.25, 0.3) is 17.0 Å². The van der Waals surface area contributed by atoms with Gasteiger partial charge in [-0.25, -0.2) is 4.79 Å². The van der Waals surface area contributed by atoms with Gasteiger partial charge in [0.25, 0.3) is 5.89 Å². The highest BCUT2D eigenvalue weighted by atomic mass is 16.5. The number of nitrogens with zero attached hydrogens (tertiary/aromatic N) is 3. The van der Waals surface area contributed by atoms with Crippen molar-refractivity contribution in [1.82, 2.24) is 15.5 Å². The number of benzene rings is 3. The molecule has 34 heavy (non-hydrogen) atoms. The van der Waals surface area contributed by atoms with E-state index in [0.29, 0.717) is 11.7 Å². The van der Waals surface area contributed by atoms with Gasteiger partial charge in [0.05, 0.1) is 17.3 Å². The van der Waals surface area contributed by atoms with Crippen LogP contribution in [-0.2, 0) is 0 Å². The van der Waals surface area contributed by atoms with Gasteiger partial charge in [0, 0.05) is 11.3 Å². The first kappa shape index (κ1) is 21.6. The van der Waals surface area contributed by atoms with Gasteiger partial charge >= 0.3 is 6.03 Å². The summed E-state index contributed by atoms with van der Waals surface area (Å²) >= 11 is 0. The first-order valence-electron chi connectivity index (χ1n) is 11.3. The van der Waals surface area contributed by atoms with Crippen molar-refractivity contribution in [2.75, 3.05) is 4.90 Å². The van der Waals surface area contributed by atoms with E-state index in [9.17, 15) is 4.79 Å². The third-order valence-corrected chi connectivity index (χ3v) is 6.33. The predicted molar refractivity (Wildman–Crippen MR) is 133 cm³/mol. The molecule has 6 heteroatoms. The minimum Gasteiger partial charge on any atom is -0.334 e. The average Bonchev–Trinajstić information content (AvgIpc) is 3.31. The topological polar surface area (TPSA) is 71.3 Å². The molecule has 0 aliphatic carbocycles. The van der Waals surface area contributed by atoms with Gasteiger partial charge in [0.2, 0.25) is 5.82 Å². The van der Waals surface area contributed by atoms with Gasteiger partial charge in [-0.15, -0.1) is 0 Å². The molecular formula is C28H26N4O2. The Morgan fingerprint density at radius 2 is 1.62 bits per heavy atom. The molecule has 1 aromatic heterocycles. The van der Waals surface area contributed by atoms with Crippen LogP contribution in [0.1, 0.15) is 41.1 Å². The van der Waals surface area contributed by atoms with Gasteiger partial charge < -0.3 is 9.84 Å². The SMILES string of the molecule is CC1=C(c2nc(-c3ccc(C)cc3)no2)C(c2ccccc2)NC(=O)N1c1ccc(C)c(C)c1. The number of allylic oxidation sites excluding steroid dienone is 1. The Hall–Kier alpha value is -4.19. The zero-order valence-electron chi connectivity index (χ0n) is 19.7. The van der Waals surface area contributed by atoms with Crippen LogP contribution in [0.4, 0.5) is 10.5 Å². The predicted octanol–water partition coefficient (Wildman–Crippen LogP) is 6.36. The summed E-state index contributed by atoms with van der Waals surface area (Å²) < 4.78 is 5.78. The third kappa shape index (κ3) is 3.88. The molecule has 1 N–H and O–H groups in total. The number of rotatable bonds is 4. The number of urea groups is 1. The molecule has 0 spiro atoms. The Kier molecular flexibility index (Phi) is 5.49. The van der Waals surface area contributed by atoms with Crippen molar-refractivity contribution < 1.29 is 9.32 Å². The highest BCUT2D eigenvalue weighted by Gasteiger charge is 2.36. The average molecular weight is 451 g/mol. The Morgan fingerprint density at radius 3 is 2.32 bits per heavy atom. The maximum Gasteiger partial charge on any atom is 0.326 e. The van der Waals surface area contributed by atoms with Crippen LogP contribution in [0.5, 0.6) is 0 Å². The summed E-state index contributed by atoms with van der Waals surface area (Å²) in [6.07, 6.45) is 0. The van der Waals surface area contributed by atoms with Crippen LogP contribution in [0.15, 0.2) is 83.0 Å². The second kappa shape index (κ2) is 8.63. The lowest BCUT2D eigenvalue weighted by atomic mass is 9.94. The normalized spacial score (nSPS) is 16.1. The smallest absolute Gasteiger partial charge is 0.326 e. The van der Waals surface area contributed by atoms with Crippen LogP contribution < -0.4 is 10.2 Å². The molecule has 0 bridgehead atoms. The lowest BCUT2D eigenvalue weighted by molar-refractivity contribution is 0.244. The highest BCUT2D eigenvalue weighted by molar-refractivity contribution is 6.01. The minimum atomic E-state index is -0.414. The Balaban J connectivity index is 1.65. The fourth-order valence-corrected chi connectivity index (χ4v) is 4.24. The molecule has 0 saturated heterocycles. The Morgan fingerprint density at radius 1 is 0.882 bits per heavy atom. The number of carbonyl (C=O) groups is 1. The number of nitrogens with one attached hydrogen (secondary N) is 1. The minimum absolute atomic E-state index is 0.198. The van der Waals surface area contributed by atoms with Crippen LogP contribution in [-0.4, -0.2) is 16.2 Å². The summed E-state index contributed by atoms with van der Waals surface area (Å²) in [6.45, 7) is 8.06. The molecule has 170 valence electrons. The summed E-state index contributed by atoms with van der Waals surface area (Å²) in [7, 11) is 0. The summed E-state index contributed by atoms with van der Waals surface area (Å²) in [5, 5.41) is 7.40. The van der Waals surface area contributed by atoms with E-state index in [1.165, 1.54) is 5.56 Å². The van der Waals surface area contributed by atoms with Gasteiger partial charge in [-0.05, 0) is 56.5 Å². The monoisotopic (exact) mass is 450 g/mol. The van der Waals surface area contributed by atoms with E-state index >= 15 is 0 Å². The van der Waals surface area contributed by atoms with E-state index in [4.69, 9.17) is 9.51 Å². The molecule has 4 aromatic rings. The lowest BCUT2D eigenvalue weighted by Crippen LogP contribution is -2.46. The molecule has 3 aromatic carbocycles.